The van der Waals surface area contributed by atoms with E-state index >= 15 is 0 Å². The summed E-state index contributed by atoms with van der Waals surface area (Å²) in [5.74, 6) is 0. The van der Waals surface area contributed by atoms with Crippen LogP contribution in [0.5, 0.6) is 0 Å². The Morgan fingerprint density at radius 3 is 1.90 bits per heavy atom. The Morgan fingerprint density at radius 2 is 1.60 bits per heavy atom. The van der Waals surface area contributed by atoms with E-state index in [0.717, 1.165) is 0 Å². The smallest absolute Gasteiger partial charge is 0.0320 e. The highest BCUT2D eigenvalue weighted by molar-refractivity contribution is 5.01. The van der Waals surface area contributed by atoms with E-state index in [0.29, 0.717) is 0 Å². The summed E-state index contributed by atoms with van der Waals surface area (Å²) in [6.45, 7) is 2.15. The van der Waals surface area contributed by atoms with E-state index < -0.39 is 0 Å². The van der Waals surface area contributed by atoms with Gasteiger partial charge < -0.3 is 0 Å². The van der Waals surface area contributed by atoms with E-state index in [1.165, 1.54) is 32.1 Å². The highest BCUT2D eigenvalue weighted by Crippen LogP contribution is 2.21. The lowest BCUT2D eigenvalue weighted by atomic mass is 9.95. The molecule has 0 amide bonds. The molecule has 0 aliphatic heterocycles. The minimum atomic E-state index is 1.37. The Morgan fingerprint density at radius 1 is 1.10 bits per heavy atom. The van der Waals surface area contributed by atoms with Gasteiger partial charge in [0.05, 0.1) is 0 Å². The van der Waals surface area contributed by atoms with E-state index in [9.17, 15) is 0 Å². The molecule has 0 atom stereocenters. The van der Waals surface area contributed by atoms with Crippen molar-refractivity contribution in [3.05, 3.63) is 11.6 Å². The molecule has 0 aromatic rings. The van der Waals surface area contributed by atoms with Crippen LogP contribution in [0.25, 0.3) is 0 Å². The molecule has 1 fully saturated rings. The van der Waals surface area contributed by atoms with Gasteiger partial charge in [0.1, 0.15) is 0 Å². The Labute approximate surface area is 62.1 Å². The second kappa shape index (κ2) is 6.78. The molecule has 2 N–H and O–H groups in total. The lowest BCUT2D eigenvalue weighted by Crippen LogP contribution is -1.91. The molecule has 0 heterocycles. The fourth-order valence-corrected chi connectivity index (χ4v) is 1.29. The summed E-state index contributed by atoms with van der Waals surface area (Å²) in [6, 6.07) is 0. The first-order valence-electron chi connectivity index (χ1n) is 3.77. The summed E-state index contributed by atoms with van der Waals surface area (Å²) >= 11 is 0. The average molecular weight is 144 g/mol. The number of hydrogen-bond donors (Lipinski definition) is 2. The van der Waals surface area contributed by atoms with Crippen LogP contribution < -0.4 is 0 Å². The SMILES string of the molecule is CC=C1CCCCC1.OO. The highest BCUT2D eigenvalue weighted by atomic mass is 17.0. The second-order valence-corrected chi connectivity index (χ2v) is 2.51. The molecule has 1 aliphatic carbocycles. The average Bonchev–Trinajstić information content (AvgIpc) is 2.10. The van der Waals surface area contributed by atoms with Crippen LogP contribution in [0, 0.1) is 0 Å². The molecule has 0 radical (unpaired) electrons. The molecule has 0 saturated heterocycles. The van der Waals surface area contributed by atoms with Crippen LogP contribution in [-0.4, -0.2) is 10.5 Å². The summed E-state index contributed by atoms with van der Waals surface area (Å²) < 4.78 is 0. The molecular formula is C8H16O2. The first-order chi connectivity index (χ1) is 4.93. The van der Waals surface area contributed by atoms with Gasteiger partial charge >= 0.3 is 0 Å². The van der Waals surface area contributed by atoms with Crippen LogP contribution in [0.4, 0.5) is 0 Å². The summed E-state index contributed by atoms with van der Waals surface area (Å²) in [7, 11) is 0. The molecule has 1 saturated carbocycles. The molecular weight excluding hydrogens is 128 g/mol. The van der Waals surface area contributed by atoms with Crippen LogP contribution in [0.15, 0.2) is 11.6 Å². The van der Waals surface area contributed by atoms with E-state index in [1.807, 2.05) is 0 Å². The van der Waals surface area contributed by atoms with Crippen LogP contribution in [0.2, 0.25) is 0 Å². The van der Waals surface area contributed by atoms with Crippen molar-refractivity contribution in [3.8, 4) is 0 Å². The topological polar surface area (TPSA) is 40.5 Å². The number of hydrogen-bond acceptors (Lipinski definition) is 2. The van der Waals surface area contributed by atoms with Crippen molar-refractivity contribution in [2.24, 2.45) is 0 Å². The van der Waals surface area contributed by atoms with Gasteiger partial charge in [0.15, 0.2) is 0 Å². The maximum Gasteiger partial charge on any atom is -0.0320 e. The summed E-state index contributed by atoms with van der Waals surface area (Å²) in [6.07, 6.45) is 9.34. The van der Waals surface area contributed by atoms with Crippen molar-refractivity contribution >= 4 is 0 Å². The fraction of sp³-hybridized carbons (Fsp3) is 0.750. The monoisotopic (exact) mass is 144 g/mol. The van der Waals surface area contributed by atoms with Gasteiger partial charge in [-0.15, -0.1) is 0 Å². The van der Waals surface area contributed by atoms with Crippen LogP contribution in [0.3, 0.4) is 0 Å². The number of allylic oxidation sites excluding steroid dienone is 2. The van der Waals surface area contributed by atoms with Crippen molar-refractivity contribution in [3.63, 3.8) is 0 Å². The Balaban J connectivity index is 0.000000371. The maximum atomic E-state index is 6.00. The highest BCUT2D eigenvalue weighted by Gasteiger charge is 2.01. The van der Waals surface area contributed by atoms with Gasteiger partial charge in [-0.1, -0.05) is 18.1 Å². The third-order valence-electron chi connectivity index (χ3n) is 1.90. The van der Waals surface area contributed by atoms with Gasteiger partial charge in [-0.05, 0) is 32.6 Å². The summed E-state index contributed by atoms with van der Waals surface area (Å²) in [4.78, 5) is 0. The third-order valence-corrected chi connectivity index (χ3v) is 1.90. The first kappa shape index (κ1) is 9.66. The first-order valence-corrected chi connectivity index (χ1v) is 3.77. The zero-order valence-electron chi connectivity index (χ0n) is 6.51. The minimum Gasteiger partial charge on any atom is -0.255 e. The zero-order chi connectivity index (χ0) is 7.82. The molecule has 0 bridgehead atoms. The molecule has 0 spiro atoms. The molecule has 1 aliphatic rings. The van der Waals surface area contributed by atoms with E-state index in [1.54, 1.807) is 5.57 Å². The van der Waals surface area contributed by atoms with Crippen molar-refractivity contribution in [1.82, 2.24) is 0 Å². The van der Waals surface area contributed by atoms with Gasteiger partial charge in [0.2, 0.25) is 0 Å². The molecule has 60 valence electrons. The molecule has 0 aromatic carbocycles. The van der Waals surface area contributed by atoms with Crippen molar-refractivity contribution in [2.75, 3.05) is 0 Å². The van der Waals surface area contributed by atoms with Crippen LogP contribution in [-0.2, 0) is 0 Å². The quantitative estimate of drug-likeness (QED) is 0.312. The van der Waals surface area contributed by atoms with E-state index in [4.69, 9.17) is 10.5 Å². The summed E-state index contributed by atoms with van der Waals surface area (Å²) in [5, 5.41) is 12.0. The zero-order valence-corrected chi connectivity index (χ0v) is 6.51. The molecule has 0 unspecified atom stereocenters. The van der Waals surface area contributed by atoms with Crippen LogP contribution in [0.1, 0.15) is 39.0 Å². The third kappa shape index (κ3) is 3.64. The molecule has 1 rings (SSSR count). The van der Waals surface area contributed by atoms with Gasteiger partial charge in [0, 0.05) is 0 Å². The lowest BCUT2D eigenvalue weighted by molar-refractivity contribution is -0.176. The largest absolute Gasteiger partial charge is 0.255 e. The van der Waals surface area contributed by atoms with E-state index in [-0.39, 0.29) is 0 Å². The normalized spacial score (nSPS) is 17.3. The molecule has 2 nitrogen and oxygen atoms in total. The van der Waals surface area contributed by atoms with Crippen molar-refractivity contribution in [2.45, 2.75) is 39.0 Å². The predicted octanol–water partition coefficient (Wildman–Crippen LogP) is 2.91. The van der Waals surface area contributed by atoms with Crippen molar-refractivity contribution in [1.29, 1.82) is 0 Å². The van der Waals surface area contributed by atoms with E-state index in [2.05, 4.69) is 13.0 Å². The Bertz CT molecular complexity index is 89.4. The predicted molar refractivity (Wildman–Crippen MR) is 42.1 cm³/mol. The Hall–Kier alpha value is -0.340. The molecule has 10 heavy (non-hydrogen) atoms. The summed E-state index contributed by atoms with van der Waals surface area (Å²) in [5.41, 5.74) is 1.68. The van der Waals surface area contributed by atoms with Gasteiger partial charge in [-0.3, -0.25) is 10.5 Å². The van der Waals surface area contributed by atoms with Gasteiger partial charge in [0.25, 0.3) is 0 Å². The number of rotatable bonds is 0. The maximum absolute atomic E-state index is 6.00. The molecule has 0 aromatic heterocycles. The van der Waals surface area contributed by atoms with Crippen LogP contribution >= 0.6 is 0 Å². The molecule has 2 heteroatoms. The van der Waals surface area contributed by atoms with Crippen molar-refractivity contribution < 1.29 is 10.5 Å². The Kier molecular flexibility index (Phi) is 6.55. The minimum absolute atomic E-state index is 1.37. The van der Waals surface area contributed by atoms with Gasteiger partial charge in [-0.25, -0.2) is 0 Å². The second-order valence-electron chi connectivity index (χ2n) is 2.51. The van der Waals surface area contributed by atoms with Gasteiger partial charge in [-0.2, -0.15) is 0 Å². The lowest BCUT2D eigenvalue weighted by Gasteiger charge is -2.11. The standard InChI is InChI=1S/C8H14.H2O2/c1-2-8-6-4-3-5-7-8;1-2/h2H,3-7H2,1H3;1-2H. The fourth-order valence-electron chi connectivity index (χ4n) is 1.29.